The highest BCUT2D eigenvalue weighted by molar-refractivity contribution is 9.11. The summed E-state index contributed by atoms with van der Waals surface area (Å²) in [6.07, 6.45) is 3.88. The van der Waals surface area contributed by atoms with Gasteiger partial charge in [0.1, 0.15) is 0 Å². The van der Waals surface area contributed by atoms with Crippen LogP contribution in [0.5, 0.6) is 0 Å². The molecule has 0 amide bonds. The minimum absolute atomic E-state index is 0.00491. The minimum Gasteiger partial charge on any atom is -0.273 e. The van der Waals surface area contributed by atoms with Gasteiger partial charge in [-0.15, -0.1) is 11.3 Å². The Kier molecular flexibility index (Phi) is 3.98. The van der Waals surface area contributed by atoms with Crippen molar-refractivity contribution < 1.29 is 0 Å². The zero-order valence-corrected chi connectivity index (χ0v) is 12.2. The number of thiophene rings is 1. The molecule has 0 spiro atoms. The fourth-order valence-electron chi connectivity index (χ4n) is 1.67. The van der Waals surface area contributed by atoms with Crippen LogP contribution in [-0.2, 0) is 6.54 Å². The maximum Gasteiger partial charge on any atom is 0.0833 e. The lowest BCUT2D eigenvalue weighted by molar-refractivity contribution is 0.637. The summed E-state index contributed by atoms with van der Waals surface area (Å²) in [4.78, 5) is 1.19. The SMILES string of the molecule is CCn1cc(C(NN)c2cc(C)c(Br)s2)cn1. The lowest BCUT2D eigenvalue weighted by Crippen LogP contribution is -2.27. The summed E-state index contributed by atoms with van der Waals surface area (Å²) in [5, 5.41) is 4.27. The summed E-state index contributed by atoms with van der Waals surface area (Å²) in [5.74, 6) is 5.65. The second-order valence-corrected chi connectivity index (χ2v) is 6.24. The summed E-state index contributed by atoms with van der Waals surface area (Å²) in [6, 6.07) is 2.15. The first-order valence-electron chi connectivity index (χ1n) is 5.40. The van der Waals surface area contributed by atoms with E-state index in [1.807, 2.05) is 17.1 Å². The molecule has 0 aliphatic rings. The molecule has 1 atom stereocenters. The molecule has 2 aromatic rings. The van der Waals surface area contributed by atoms with Crippen LogP contribution in [0.1, 0.15) is 29.0 Å². The topological polar surface area (TPSA) is 55.9 Å². The zero-order chi connectivity index (χ0) is 12.4. The number of rotatable bonds is 4. The van der Waals surface area contributed by atoms with E-state index in [0.717, 1.165) is 15.9 Å². The number of aromatic nitrogens is 2. The molecule has 17 heavy (non-hydrogen) atoms. The molecule has 2 aromatic heterocycles. The first kappa shape index (κ1) is 12.8. The Morgan fingerprint density at radius 2 is 2.41 bits per heavy atom. The number of nitrogens with two attached hydrogens (primary N) is 1. The van der Waals surface area contributed by atoms with Gasteiger partial charge in [-0.1, -0.05) is 0 Å². The maximum atomic E-state index is 5.65. The second kappa shape index (κ2) is 5.30. The van der Waals surface area contributed by atoms with Crippen LogP contribution in [0, 0.1) is 6.92 Å². The van der Waals surface area contributed by atoms with Crippen molar-refractivity contribution in [2.75, 3.05) is 0 Å². The van der Waals surface area contributed by atoms with E-state index in [0.29, 0.717) is 0 Å². The van der Waals surface area contributed by atoms with Gasteiger partial charge in [-0.2, -0.15) is 5.10 Å². The zero-order valence-electron chi connectivity index (χ0n) is 9.77. The molecule has 0 saturated heterocycles. The van der Waals surface area contributed by atoms with Gasteiger partial charge in [0.25, 0.3) is 0 Å². The molecule has 0 saturated carbocycles. The predicted molar refractivity (Wildman–Crippen MR) is 73.8 cm³/mol. The van der Waals surface area contributed by atoms with E-state index in [-0.39, 0.29) is 6.04 Å². The van der Waals surface area contributed by atoms with Crippen LogP contribution in [0.25, 0.3) is 0 Å². The third-order valence-electron chi connectivity index (χ3n) is 2.64. The lowest BCUT2D eigenvalue weighted by atomic mass is 10.1. The largest absolute Gasteiger partial charge is 0.273 e. The van der Waals surface area contributed by atoms with Crippen LogP contribution >= 0.6 is 27.3 Å². The Bertz CT molecular complexity index is 486. The van der Waals surface area contributed by atoms with Gasteiger partial charge in [0, 0.05) is 23.2 Å². The van der Waals surface area contributed by atoms with E-state index < -0.39 is 0 Å². The van der Waals surface area contributed by atoms with E-state index in [2.05, 4.69) is 46.4 Å². The molecule has 2 heterocycles. The first-order valence-corrected chi connectivity index (χ1v) is 7.01. The average molecular weight is 315 g/mol. The van der Waals surface area contributed by atoms with Crippen molar-refractivity contribution in [1.29, 1.82) is 0 Å². The molecular weight excluding hydrogens is 300 g/mol. The Balaban J connectivity index is 2.32. The molecule has 4 nitrogen and oxygen atoms in total. The number of aryl methyl sites for hydroxylation is 2. The highest BCUT2D eigenvalue weighted by Crippen LogP contribution is 2.33. The van der Waals surface area contributed by atoms with Gasteiger partial charge in [-0.05, 0) is 41.4 Å². The number of hydrogen-bond donors (Lipinski definition) is 2. The molecule has 2 rings (SSSR count). The van der Waals surface area contributed by atoms with Crippen LogP contribution in [0.2, 0.25) is 0 Å². The van der Waals surface area contributed by atoms with E-state index in [9.17, 15) is 0 Å². The quantitative estimate of drug-likeness (QED) is 0.673. The van der Waals surface area contributed by atoms with Gasteiger partial charge in [-0.3, -0.25) is 10.5 Å². The fraction of sp³-hybridized carbons (Fsp3) is 0.364. The highest BCUT2D eigenvalue weighted by atomic mass is 79.9. The van der Waals surface area contributed by atoms with Gasteiger partial charge in [-0.25, -0.2) is 5.43 Å². The molecule has 6 heteroatoms. The normalized spacial score (nSPS) is 12.9. The monoisotopic (exact) mass is 314 g/mol. The van der Waals surface area contributed by atoms with E-state index >= 15 is 0 Å². The molecule has 1 unspecified atom stereocenters. The molecule has 0 radical (unpaired) electrons. The van der Waals surface area contributed by atoms with Crippen LogP contribution in [-0.4, -0.2) is 9.78 Å². The third-order valence-corrected chi connectivity index (χ3v) is 4.84. The summed E-state index contributed by atoms with van der Waals surface area (Å²) in [6.45, 7) is 5.01. The number of halogens is 1. The third kappa shape index (κ3) is 2.60. The second-order valence-electron chi connectivity index (χ2n) is 3.83. The van der Waals surface area contributed by atoms with Gasteiger partial charge in [0.15, 0.2) is 0 Å². The molecule has 0 fully saturated rings. The number of nitrogens with zero attached hydrogens (tertiary/aromatic N) is 2. The predicted octanol–water partition coefficient (Wildman–Crippen LogP) is 2.59. The van der Waals surface area contributed by atoms with E-state index in [4.69, 9.17) is 5.84 Å². The van der Waals surface area contributed by atoms with Crippen LogP contribution in [0.4, 0.5) is 0 Å². The minimum atomic E-state index is 0.00491. The van der Waals surface area contributed by atoms with Crippen molar-refractivity contribution in [3.8, 4) is 0 Å². The Morgan fingerprint density at radius 1 is 1.65 bits per heavy atom. The Morgan fingerprint density at radius 3 is 2.88 bits per heavy atom. The van der Waals surface area contributed by atoms with Gasteiger partial charge < -0.3 is 0 Å². The maximum absolute atomic E-state index is 5.65. The molecule has 0 aliphatic carbocycles. The van der Waals surface area contributed by atoms with Crippen molar-refractivity contribution in [2.45, 2.75) is 26.4 Å². The summed E-state index contributed by atoms with van der Waals surface area (Å²) in [5.41, 5.74) is 5.16. The lowest BCUT2D eigenvalue weighted by Gasteiger charge is -2.11. The van der Waals surface area contributed by atoms with Crippen molar-refractivity contribution >= 4 is 27.3 Å². The number of nitrogens with one attached hydrogen (secondary N) is 1. The van der Waals surface area contributed by atoms with E-state index in [1.165, 1.54) is 10.4 Å². The first-order chi connectivity index (χ1) is 8.15. The summed E-state index contributed by atoms with van der Waals surface area (Å²) < 4.78 is 3.05. The van der Waals surface area contributed by atoms with Crippen LogP contribution in [0.15, 0.2) is 22.2 Å². The molecule has 0 aliphatic heterocycles. The summed E-state index contributed by atoms with van der Waals surface area (Å²) >= 11 is 5.23. The fourth-order valence-corrected chi connectivity index (χ4v) is 3.33. The van der Waals surface area contributed by atoms with Crippen molar-refractivity contribution in [2.24, 2.45) is 5.84 Å². The Hall–Kier alpha value is -0.690. The standard InChI is InChI=1S/C11H15BrN4S/c1-3-16-6-8(5-14-16)10(15-13)9-4-7(2)11(12)17-9/h4-6,10,15H,3,13H2,1-2H3. The number of hydrazine groups is 1. The van der Waals surface area contributed by atoms with Crippen molar-refractivity contribution in [1.82, 2.24) is 15.2 Å². The van der Waals surface area contributed by atoms with E-state index in [1.54, 1.807) is 11.3 Å². The van der Waals surface area contributed by atoms with Crippen molar-refractivity contribution in [3.05, 3.63) is 38.3 Å². The van der Waals surface area contributed by atoms with Gasteiger partial charge in [0.2, 0.25) is 0 Å². The molecule has 92 valence electrons. The smallest absolute Gasteiger partial charge is 0.0833 e. The highest BCUT2D eigenvalue weighted by Gasteiger charge is 2.17. The number of hydrogen-bond acceptors (Lipinski definition) is 4. The van der Waals surface area contributed by atoms with Crippen LogP contribution < -0.4 is 11.3 Å². The van der Waals surface area contributed by atoms with Crippen LogP contribution in [0.3, 0.4) is 0 Å². The average Bonchev–Trinajstić information content (AvgIpc) is 2.89. The molecular formula is C11H15BrN4S. The van der Waals surface area contributed by atoms with Crippen molar-refractivity contribution in [3.63, 3.8) is 0 Å². The molecule has 3 N–H and O–H groups in total. The summed E-state index contributed by atoms with van der Waals surface area (Å²) in [7, 11) is 0. The molecule has 0 aromatic carbocycles. The van der Waals surface area contributed by atoms with Gasteiger partial charge in [0.05, 0.1) is 16.0 Å². The van der Waals surface area contributed by atoms with Gasteiger partial charge >= 0.3 is 0 Å². The Labute approximate surface area is 113 Å². The molecule has 0 bridgehead atoms.